The molecule has 0 radical (unpaired) electrons. The number of ether oxygens (including phenoxy) is 1. The van der Waals surface area contributed by atoms with E-state index in [2.05, 4.69) is 13.0 Å². The maximum atomic E-state index is 10.7. The summed E-state index contributed by atoms with van der Waals surface area (Å²) in [7, 11) is 0. The van der Waals surface area contributed by atoms with Crippen LogP contribution in [0, 0.1) is 20.8 Å². The molecule has 0 aromatic heterocycles. The third-order valence-corrected chi connectivity index (χ3v) is 3.88. The first-order chi connectivity index (χ1) is 9.96. The molecule has 0 aliphatic rings. The number of aryl methyl sites for hydroxylation is 2. The first-order valence-corrected chi connectivity index (χ1v) is 7.15. The minimum Gasteiger partial charge on any atom is -0.490 e. The average Bonchev–Trinajstić information content (AvgIpc) is 2.50. The number of hydrogen-bond acceptors (Lipinski definition) is 3. The van der Waals surface area contributed by atoms with E-state index in [1.807, 2.05) is 50.2 Å². The molecule has 21 heavy (non-hydrogen) atoms. The molecule has 2 rings (SSSR count). The summed E-state index contributed by atoms with van der Waals surface area (Å²) < 4.78 is 5.88. The highest BCUT2D eigenvalue weighted by atomic mass is 16.5. The molecule has 3 nitrogen and oxygen atoms in total. The summed E-state index contributed by atoms with van der Waals surface area (Å²) in [6.07, 6.45) is 0. The standard InChI is InChI=1S/C18H23NO2/c1-13-9-14(2)15(3)17(10-13)21-12-18(20,11-19)16-7-5-4-6-8-16/h4-10,20H,11-12,19H2,1-3H3. The lowest BCUT2D eigenvalue weighted by atomic mass is 9.95. The summed E-state index contributed by atoms with van der Waals surface area (Å²) in [5.41, 5.74) is 8.78. The van der Waals surface area contributed by atoms with Gasteiger partial charge in [0.25, 0.3) is 0 Å². The van der Waals surface area contributed by atoms with Gasteiger partial charge >= 0.3 is 0 Å². The van der Waals surface area contributed by atoms with E-state index in [4.69, 9.17) is 10.5 Å². The number of nitrogens with two attached hydrogens (primary N) is 1. The van der Waals surface area contributed by atoms with Crippen LogP contribution >= 0.6 is 0 Å². The normalized spacial score (nSPS) is 13.8. The van der Waals surface area contributed by atoms with E-state index in [0.29, 0.717) is 0 Å². The van der Waals surface area contributed by atoms with Crippen LogP contribution in [0.25, 0.3) is 0 Å². The zero-order valence-electron chi connectivity index (χ0n) is 12.9. The second-order valence-electron chi connectivity index (χ2n) is 5.60. The summed E-state index contributed by atoms with van der Waals surface area (Å²) in [4.78, 5) is 0. The summed E-state index contributed by atoms with van der Waals surface area (Å²) in [6.45, 7) is 6.36. The van der Waals surface area contributed by atoms with E-state index in [1.54, 1.807) is 0 Å². The Kier molecular flexibility index (Phi) is 4.66. The van der Waals surface area contributed by atoms with Gasteiger partial charge in [-0.05, 0) is 49.1 Å². The smallest absolute Gasteiger partial charge is 0.136 e. The van der Waals surface area contributed by atoms with Crippen molar-refractivity contribution in [3.63, 3.8) is 0 Å². The van der Waals surface area contributed by atoms with Crippen molar-refractivity contribution >= 4 is 0 Å². The maximum Gasteiger partial charge on any atom is 0.136 e. The Morgan fingerprint density at radius 1 is 1.10 bits per heavy atom. The zero-order valence-corrected chi connectivity index (χ0v) is 12.9. The predicted octanol–water partition coefficient (Wildman–Crippen LogP) is 2.84. The molecule has 0 fully saturated rings. The fourth-order valence-corrected chi connectivity index (χ4v) is 2.36. The fourth-order valence-electron chi connectivity index (χ4n) is 2.36. The van der Waals surface area contributed by atoms with E-state index in [1.165, 1.54) is 5.56 Å². The molecule has 0 heterocycles. The molecule has 0 bridgehead atoms. The van der Waals surface area contributed by atoms with Crippen LogP contribution in [-0.2, 0) is 5.60 Å². The van der Waals surface area contributed by atoms with Crippen LogP contribution in [0.3, 0.4) is 0 Å². The van der Waals surface area contributed by atoms with Crippen LogP contribution in [0.4, 0.5) is 0 Å². The fraction of sp³-hybridized carbons (Fsp3) is 0.333. The average molecular weight is 285 g/mol. The van der Waals surface area contributed by atoms with Gasteiger partial charge in [0, 0.05) is 6.54 Å². The maximum absolute atomic E-state index is 10.7. The Balaban J connectivity index is 2.21. The van der Waals surface area contributed by atoms with Crippen molar-refractivity contribution in [1.82, 2.24) is 0 Å². The highest BCUT2D eigenvalue weighted by Crippen LogP contribution is 2.26. The SMILES string of the molecule is Cc1cc(C)c(C)c(OCC(O)(CN)c2ccccc2)c1. The van der Waals surface area contributed by atoms with E-state index < -0.39 is 5.60 Å². The van der Waals surface area contributed by atoms with Crippen molar-refractivity contribution in [3.8, 4) is 5.75 Å². The van der Waals surface area contributed by atoms with Crippen LogP contribution in [0.1, 0.15) is 22.3 Å². The van der Waals surface area contributed by atoms with Crippen LogP contribution in [-0.4, -0.2) is 18.3 Å². The molecule has 3 N–H and O–H groups in total. The molecule has 0 aliphatic carbocycles. The number of aliphatic hydroxyl groups is 1. The summed E-state index contributed by atoms with van der Waals surface area (Å²) >= 11 is 0. The van der Waals surface area contributed by atoms with E-state index >= 15 is 0 Å². The molecular weight excluding hydrogens is 262 g/mol. The van der Waals surface area contributed by atoms with Crippen molar-refractivity contribution in [3.05, 3.63) is 64.7 Å². The number of hydrogen-bond donors (Lipinski definition) is 2. The van der Waals surface area contributed by atoms with Gasteiger partial charge in [0.1, 0.15) is 18.0 Å². The molecule has 0 saturated carbocycles. The second-order valence-corrected chi connectivity index (χ2v) is 5.60. The van der Waals surface area contributed by atoms with Gasteiger partial charge in [-0.2, -0.15) is 0 Å². The van der Waals surface area contributed by atoms with Crippen molar-refractivity contribution in [2.45, 2.75) is 26.4 Å². The molecule has 1 unspecified atom stereocenters. The van der Waals surface area contributed by atoms with Crippen molar-refractivity contribution in [2.75, 3.05) is 13.2 Å². The van der Waals surface area contributed by atoms with Gasteiger partial charge < -0.3 is 15.6 Å². The third-order valence-electron chi connectivity index (χ3n) is 3.88. The van der Waals surface area contributed by atoms with Crippen molar-refractivity contribution in [2.24, 2.45) is 5.73 Å². The van der Waals surface area contributed by atoms with E-state index in [0.717, 1.165) is 22.4 Å². The second kappa shape index (κ2) is 6.29. The van der Waals surface area contributed by atoms with Gasteiger partial charge in [0.2, 0.25) is 0 Å². The largest absolute Gasteiger partial charge is 0.490 e. The molecule has 2 aromatic rings. The van der Waals surface area contributed by atoms with Crippen LogP contribution in [0.2, 0.25) is 0 Å². The predicted molar refractivity (Wildman–Crippen MR) is 85.5 cm³/mol. The molecule has 112 valence electrons. The third kappa shape index (κ3) is 3.43. The topological polar surface area (TPSA) is 55.5 Å². The van der Waals surface area contributed by atoms with Crippen LogP contribution in [0.5, 0.6) is 5.75 Å². The van der Waals surface area contributed by atoms with Crippen LogP contribution < -0.4 is 10.5 Å². The molecule has 0 saturated heterocycles. The molecule has 3 heteroatoms. The molecule has 0 spiro atoms. The Morgan fingerprint density at radius 2 is 1.76 bits per heavy atom. The monoisotopic (exact) mass is 285 g/mol. The lowest BCUT2D eigenvalue weighted by Crippen LogP contribution is -2.40. The Morgan fingerprint density at radius 3 is 2.38 bits per heavy atom. The highest BCUT2D eigenvalue weighted by molar-refractivity contribution is 5.42. The first-order valence-electron chi connectivity index (χ1n) is 7.15. The highest BCUT2D eigenvalue weighted by Gasteiger charge is 2.28. The summed E-state index contributed by atoms with van der Waals surface area (Å²) in [5, 5.41) is 10.7. The summed E-state index contributed by atoms with van der Waals surface area (Å²) in [5.74, 6) is 0.801. The lowest BCUT2D eigenvalue weighted by Gasteiger charge is -2.27. The Bertz CT molecular complexity index is 610. The first kappa shape index (κ1) is 15.5. The van der Waals surface area contributed by atoms with E-state index in [9.17, 15) is 5.11 Å². The Labute approximate surface area is 126 Å². The van der Waals surface area contributed by atoms with E-state index in [-0.39, 0.29) is 13.2 Å². The van der Waals surface area contributed by atoms with Gasteiger partial charge in [0.15, 0.2) is 0 Å². The van der Waals surface area contributed by atoms with Crippen molar-refractivity contribution < 1.29 is 9.84 Å². The number of rotatable bonds is 5. The molecular formula is C18H23NO2. The Hall–Kier alpha value is -1.84. The van der Waals surface area contributed by atoms with Crippen LogP contribution in [0.15, 0.2) is 42.5 Å². The summed E-state index contributed by atoms with van der Waals surface area (Å²) in [6, 6.07) is 13.5. The zero-order chi connectivity index (χ0) is 15.5. The quantitative estimate of drug-likeness (QED) is 0.888. The van der Waals surface area contributed by atoms with Gasteiger partial charge in [-0.15, -0.1) is 0 Å². The van der Waals surface area contributed by atoms with Crippen molar-refractivity contribution in [1.29, 1.82) is 0 Å². The van der Waals surface area contributed by atoms with Gasteiger partial charge in [-0.1, -0.05) is 36.4 Å². The molecule has 0 amide bonds. The van der Waals surface area contributed by atoms with Gasteiger partial charge in [-0.25, -0.2) is 0 Å². The van der Waals surface area contributed by atoms with Gasteiger partial charge in [-0.3, -0.25) is 0 Å². The minimum atomic E-state index is -1.18. The minimum absolute atomic E-state index is 0.112. The number of benzene rings is 2. The molecule has 0 aliphatic heterocycles. The molecule has 1 atom stereocenters. The molecule has 2 aromatic carbocycles. The van der Waals surface area contributed by atoms with Gasteiger partial charge in [0.05, 0.1) is 0 Å². The lowest BCUT2D eigenvalue weighted by molar-refractivity contribution is -0.00167.